The lowest BCUT2D eigenvalue weighted by Crippen LogP contribution is -2.06. The van der Waals surface area contributed by atoms with Crippen LogP contribution in [0.5, 0.6) is 0 Å². The Balaban J connectivity index is 2.86. The molecule has 0 radical (unpaired) electrons. The van der Waals surface area contributed by atoms with Crippen molar-refractivity contribution in [3.63, 3.8) is 0 Å². The van der Waals surface area contributed by atoms with Gasteiger partial charge >= 0.3 is 5.97 Å². The van der Waals surface area contributed by atoms with Crippen LogP contribution in [0.1, 0.15) is 0 Å². The van der Waals surface area contributed by atoms with Gasteiger partial charge in [-0.3, -0.25) is 4.79 Å². The number of ether oxygens (including phenoxy) is 1. The molecule has 0 aromatic rings. The molecule has 12 heavy (non-hydrogen) atoms. The minimum atomic E-state index is -0.481. The molecular weight excluding hydrogens is 158 g/mol. The zero-order valence-electron chi connectivity index (χ0n) is 6.90. The van der Waals surface area contributed by atoms with E-state index in [0.29, 0.717) is 11.9 Å². The Morgan fingerprint density at radius 2 is 2.17 bits per heavy atom. The van der Waals surface area contributed by atoms with Gasteiger partial charge in [0.25, 0.3) is 0 Å². The highest BCUT2D eigenvalue weighted by atomic mass is 16.5. The first-order valence-corrected chi connectivity index (χ1v) is 3.41. The van der Waals surface area contributed by atoms with Crippen LogP contribution in [0.15, 0.2) is 23.6 Å². The maximum atomic E-state index is 11.0. The van der Waals surface area contributed by atoms with Gasteiger partial charge in [-0.15, -0.1) is 0 Å². The largest absolute Gasteiger partial charge is 0.419 e. The van der Waals surface area contributed by atoms with Gasteiger partial charge < -0.3 is 9.64 Å². The van der Waals surface area contributed by atoms with Crippen LogP contribution in [0.4, 0.5) is 0 Å². The highest BCUT2D eigenvalue weighted by Gasteiger charge is 2.19. The molecule has 0 fully saturated rings. The van der Waals surface area contributed by atoms with Crippen molar-refractivity contribution in [2.75, 3.05) is 14.1 Å². The van der Waals surface area contributed by atoms with Gasteiger partial charge in [-0.05, 0) is 0 Å². The summed E-state index contributed by atoms with van der Waals surface area (Å²) in [4.78, 5) is 22.9. The molecule has 0 amide bonds. The van der Waals surface area contributed by atoms with Gasteiger partial charge in [0.1, 0.15) is 0 Å². The topological polar surface area (TPSA) is 46.6 Å². The van der Waals surface area contributed by atoms with Crippen molar-refractivity contribution in [1.82, 2.24) is 4.90 Å². The molecule has 0 N–H and O–H groups in total. The van der Waals surface area contributed by atoms with E-state index in [9.17, 15) is 9.59 Å². The van der Waals surface area contributed by atoms with Gasteiger partial charge in [0.15, 0.2) is 12.0 Å². The number of rotatable bonds is 2. The lowest BCUT2D eigenvalue weighted by atomic mass is 10.3. The summed E-state index contributed by atoms with van der Waals surface area (Å²) in [5.41, 5.74) is 0.391. The Hall–Kier alpha value is -1.58. The molecule has 0 unspecified atom stereocenters. The van der Waals surface area contributed by atoms with Gasteiger partial charge in [-0.2, -0.15) is 0 Å². The Labute approximate surface area is 70.1 Å². The molecule has 4 heteroatoms. The van der Waals surface area contributed by atoms with Gasteiger partial charge in [-0.25, -0.2) is 4.79 Å². The Bertz CT molecular complexity index is 276. The van der Waals surface area contributed by atoms with Gasteiger partial charge in [0.05, 0.1) is 5.57 Å². The van der Waals surface area contributed by atoms with Crippen molar-refractivity contribution in [3.8, 4) is 0 Å². The van der Waals surface area contributed by atoms with Crippen molar-refractivity contribution >= 4 is 12.3 Å². The number of aldehydes is 1. The van der Waals surface area contributed by atoms with Crippen molar-refractivity contribution in [2.24, 2.45) is 0 Å². The van der Waals surface area contributed by atoms with E-state index in [1.807, 2.05) is 0 Å². The number of carbonyl (C=O) groups excluding carboxylic acids is 2. The third-order valence-electron chi connectivity index (χ3n) is 1.26. The van der Waals surface area contributed by atoms with E-state index in [1.165, 1.54) is 6.08 Å². The quantitative estimate of drug-likeness (QED) is 0.332. The summed E-state index contributed by atoms with van der Waals surface area (Å²) >= 11 is 0. The molecule has 0 saturated carbocycles. The minimum absolute atomic E-state index is 0.0631. The molecule has 1 aliphatic heterocycles. The Morgan fingerprint density at radius 3 is 2.58 bits per heavy atom. The molecule has 64 valence electrons. The zero-order valence-corrected chi connectivity index (χ0v) is 6.90. The standard InChI is InChI=1S/C8H9NO3/c1-9(2)4-6-3-7(5-10)12-8(6)11/h3-5H,1-2H3/b6-4-. The molecule has 0 aliphatic carbocycles. The summed E-state index contributed by atoms with van der Waals surface area (Å²) in [5, 5.41) is 0. The summed E-state index contributed by atoms with van der Waals surface area (Å²) in [5.74, 6) is -0.418. The molecule has 4 nitrogen and oxygen atoms in total. The fourth-order valence-corrected chi connectivity index (χ4v) is 0.834. The normalized spacial score (nSPS) is 19.0. The van der Waals surface area contributed by atoms with Crippen molar-refractivity contribution in [3.05, 3.63) is 23.6 Å². The highest BCUT2D eigenvalue weighted by Crippen LogP contribution is 2.14. The van der Waals surface area contributed by atoms with Crippen LogP contribution in [-0.4, -0.2) is 31.3 Å². The van der Waals surface area contributed by atoms with Crippen molar-refractivity contribution in [2.45, 2.75) is 0 Å². The molecule has 1 rings (SSSR count). The fraction of sp³-hybridized carbons (Fsp3) is 0.250. The highest BCUT2D eigenvalue weighted by molar-refractivity contribution is 5.99. The number of carbonyl (C=O) groups is 2. The van der Waals surface area contributed by atoms with Crippen LogP contribution in [0, 0.1) is 0 Å². The van der Waals surface area contributed by atoms with Crippen LogP contribution >= 0.6 is 0 Å². The summed E-state index contributed by atoms with van der Waals surface area (Å²) in [6.07, 6.45) is 3.52. The second-order valence-electron chi connectivity index (χ2n) is 2.60. The molecule has 0 saturated heterocycles. The summed E-state index contributed by atoms with van der Waals surface area (Å²) in [7, 11) is 3.57. The predicted octanol–water partition coefficient (Wildman–Crippen LogP) is 0.0715. The van der Waals surface area contributed by atoms with Crippen LogP contribution in [0.25, 0.3) is 0 Å². The van der Waals surface area contributed by atoms with E-state index < -0.39 is 5.97 Å². The predicted molar refractivity (Wildman–Crippen MR) is 42.0 cm³/mol. The van der Waals surface area contributed by atoms with Crippen molar-refractivity contribution in [1.29, 1.82) is 0 Å². The van der Waals surface area contributed by atoms with E-state index in [0.717, 1.165) is 0 Å². The Kier molecular flexibility index (Phi) is 2.28. The van der Waals surface area contributed by atoms with E-state index in [2.05, 4.69) is 4.74 Å². The Morgan fingerprint density at radius 1 is 1.50 bits per heavy atom. The molecule has 1 heterocycles. The van der Waals surface area contributed by atoms with Crippen LogP contribution in [0.2, 0.25) is 0 Å². The molecule has 0 aromatic carbocycles. The fourth-order valence-electron chi connectivity index (χ4n) is 0.834. The van der Waals surface area contributed by atoms with Crippen LogP contribution < -0.4 is 0 Å². The SMILES string of the molecule is CN(C)/C=C1/C=C(C=O)OC1=O. The lowest BCUT2D eigenvalue weighted by Gasteiger charge is -2.03. The number of hydrogen-bond acceptors (Lipinski definition) is 4. The van der Waals surface area contributed by atoms with Crippen molar-refractivity contribution < 1.29 is 14.3 Å². The third-order valence-corrected chi connectivity index (χ3v) is 1.26. The molecule has 0 bridgehead atoms. The minimum Gasteiger partial charge on any atom is -0.419 e. The van der Waals surface area contributed by atoms with Gasteiger partial charge in [-0.1, -0.05) is 0 Å². The zero-order chi connectivity index (χ0) is 9.14. The van der Waals surface area contributed by atoms with E-state index in [-0.39, 0.29) is 5.76 Å². The van der Waals surface area contributed by atoms with Crippen LogP contribution in [0.3, 0.4) is 0 Å². The molecule has 1 aliphatic rings. The number of nitrogens with zero attached hydrogens (tertiary/aromatic N) is 1. The molecule has 0 aromatic heterocycles. The van der Waals surface area contributed by atoms with Gasteiger partial charge in [0.2, 0.25) is 0 Å². The second-order valence-corrected chi connectivity index (χ2v) is 2.60. The first-order valence-electron chi connectivity index (χ1n) is 3.41. The molecule has 0 spiro atoms. The van der Waals surface area contributed by atoms with E-state index in [4.69, 9.17) is 0 Å². The summed E-state index contributed by atoms with van der Waals surface area (Å²) in [6, 6.07) is 0. The maximum absolute atomic E-state index is 11.0. The lowest BCUT2D eigenvalue weighted by molar-refractivity contribution is -0.135. The second kappa shape index (κ2) is 3.21. The van der Waals surface area contributed by atoms with E-state index >= 15 is 0 Å². The molecular formula is C8H9NO3. The van der Waals surface area contributed by atoms with Gasteiger partial charge in [0, 0.05) is 26.4 Å². The monoisotopic (exact) mass is 167 g/mol. The third kappa shape index (κ3) is 1.72. The summed E-state index contributed by atoms with van der Waals surface area (Å²) < 4.78 is 4.58. The average molecular weight is 167 g/mol. The average Bonchev–Trinajstić information content (AvgIpc) is 2.31. The first-order chi connectivity index (χ1) is 5.63. The summed E-state index contributed by atoms with van der Waals surface area (Å²) in [6.45, 7) is 0. The number of allylic oxidation sites excluding steroid dienone is 1. The number of hydrogen-bond donors (Lipinski definition) is 0. The van der Waals surface area contributed by atoms with E-state index in [1.54, 1.807) is 25.2 Å². The maximum Gasteiger partial charge on any atom is 0.345 e. The van der Waals surface area contributed by atoms with Crippen LogP contribution in [-0.2, 0) is 14.3 Å². The molecule has 0 atom stereocenters. The number of cyclic esters (lactones) is 1. The smallest absolute Gasteiger partial charge is 0.345 e. The number of esters is 1. The first kappa shape index (κ1) is 8.52.